The van der Waals surface area contributed by atoms with Crippen LogP contribution in [-0.4, -0.2) is 42.1 Å². The van der Waals surface area contributed by atoms with Gasteiger partial charge < -0.3 is 15.0 Å². The summed E-state index contributed by atoms with van der Waals surface area (Å²) in [6.07, 6.45) is -2.34. The zero-order chi connectivity index (χ0) is 20.3. The minimum absolute atomic E-state index is 0.0471. The summed E-state index contributed by atoms with van der Waals surface area (Å²) in [6, 6.07) is 6.16. The number of halogens is 3. The molecule has 1 aliphatic rings. The van der Waals surface area contributed by atoms with E-state index in [2.05, 4.69) is 15.3 Å². The molecule has 0 radical (unpaired) electrons. The Bertz CT molecular complexity index is 849. The topological polar surface area (TPSA) is 67.3 Å². The molecule has 28 heavy (non-hydrogen) atoms. The summed E-state index contributed by atoms with van der Waals surface area (Å²) in [5.41, 5.74) is 0.437. The first-order valence-corrected chi connectivity index (χ1v) is 8.87. The maximum atomic E-state index is 12.8. The smallest absolute Gasteiger partial charge is 0.433 e. The highest BCUT2D eigenvalue weighted by Crippen LogP contribution is 2.29. The third-order valence-electron chi connectivity index (χ3n) is 4.78. The first-order chi connectivity index (χ1) is 13.3. The van der Waals surface area contributed by atoms with Gasteiger partial charge >= 0.3 is 6.18 Å². The molecule has 0 aliphatic carbocycles. The molecule has 1 aromatic heterocycles. The van der Waals surface area contributed by atoms with E-state index in [-0.39, 0.29) is 17.8 Å². The Balaban J connectivity index is 1.59. The van der Waals surface area contributed by atoms with Crippen LogP contribution < -0.4 is 15.0 Å². The molecular formula is C19H21F3N4O2. The molecule has 1 fully saturated rings. The highest BCUT2D eigenvalue weighted by molar-refractivity contribution is 5.96. The largest absolute Gasteiger partial charge is 0.497 e. The molecule has 0 saturated carbocycles. The molecule has 1 aromatic carbocycles. The number of carbonyl (C=O) groups excluding carboxylic acids is 1. The van der Waals surface area contributed by atoms with Gasteiger partial charge in [-0.1, -0.05) is 0 Å². The number of anilines is 1. The van der Waals surface area contributed by atoms with Gasteiger partial charge in [-0.3, -0.25) is 4.79 Å². The second-order valence-electron chi connectivity index (χ2n) is 6.67. The minimum atomic E-state index is -4.50. The lowest BCUT2D eigenvalue weighted by molar-refractivity contribution is -0.141. The second-order valence-corrected chi connectivity index (χ2v) is 6.67. The highest BCUT2D eigenvalue weighted by Gasteiger charge is 2.33. The first kappa shape index (κ1) is 19.9. The number of benzene rings is 1. The number of amides is 1. The van der Waals surface area contributed by atoms with Crippen LogP contribution in [0, 0.1) is 6.92 Å². The van der Waals surface area contributed by atoms with E-state index in [4.69, 9.17) is 4.74 Å². The van der Waals surface area contributed by atoms with E-state index in [1.807, 2.05) is 6.92 Å². The number of rotatable bonds is 4. The third kappa shape index (κ3) is 4.52. The second kappa shape index (κ2) is 8.04. The highest BCUT2D eigenvalue weighted by atomic mass is 19.4. The number of hydrogen-bond acceptors (Lipinski definition) is 5. The van der Waals surface area contributed by atoms with Gasteiger partial charge in [-0.05, 0) is 43.5 Å². The number of ether oxygens (including phenoxy) is 1. The molecule has 1 N–H and O–H groups in total. The van der Waals surface area contributed by atoms with Crippen molar-refractivity contribution < 1.29 is 22.7 Å². The first-order valence-electron chi connectivity index (χ1n) is 8.87. The Hall–Kier alpha value is -2.84. The number of aromatic nitrogens is 2. The lowest BCUT2D eigenvalue weighted by Gasteiger charge is -2.33. The summed E-state index contributed by atoms with van der Waals surface area (Å²) in [7, 11) is 1.57. The number of nitrogens with one attached hydrogen (secondary N) is 1. The van der Waals surface area contributed by atoms with Crippen LogP contribution in [0.5, 0.6) is 5.75 Å². The quantitative estimate of drug-likeness (QED) is 0.863. The van der Waals surface area contributed by atoms with Gasteiger partial charge in [-0.15, -0.1) is 0 Å². The summed E-state index contributed by atoms with van der Waals surface area (Å²) in [6.45, 7) is 2.84. The fourth-order valence-corrected chi connectivity index (χ4v) is 3.21. The molecule has 150 valence electrons. The molecule has 1 saturated heterocycles. The normalized spacial score (nSPS) is 15.4. The molecule has 9 heteroatoms. The molecule has 0 spiro atoms. The minimum Gasteiger partial charge on any atom is -0.497 e. The van der Waals surface area contributed by atoms with Gasteiger partial charge in [-0.2, -0.15) is 13.2 Å². The van der Waals surface area contributed by atoms with Crippen LogP contribution in [0.1, 0.15) is 34.5 Å². The molecule has 1 amide bonds. The van der Waals surface area contributed by atoms with Crippen molar-refractivity contribution in [2.45, 2.75) is 32.0 Å². The molecule has 3 rings (SSSR count). The van der Waals surface area contributed by atoms with E-state index in [1.54, 1.807) is 30.2 Å². The number of alkyl halides is 3. The summed E-state index contributed by atoms with van der Waals surface area (Å²) < 4.78 is 43.6. The van der Waals surface area contributed by atoms with Gasteiger partial charge in [0, 0.05) is 30.8 Å². The zero-order valence-corrected chi connectivity index (χ0v) is 15.6. The van der Waals surface area contributed by atoms with Crippen molar-refractivity contribution in [1.29, 1.82) is 0 Å². The lowest BCUT2D eigenvalue weighted by Crippen LogP contribution is -2.45. The molecule has 0 unspecified atom stereocenters. The number of hydrogen-bond donors (Lipinski definition) is 1. The number of carbonyl (C=O) groups is 1. The van der Waals surface area contributed by atoms with Gasteiger partial charge in [0.15, 0.2) is 0 Å². The maximum absolute atomic E-state index is 12.8. The van der Waals surface area contributed by atoms with E-state index in [0.29, 0.717) is 37.2 Å². The van der Waals surface area contributed by atoms with Crippen LogP contribution in [-0.2, 0) is 6.18 Å². The van der Waals surface area contributed by atoms with Crippen LogP contribution in [0.3, 0.4) is 0 Å². The van der Waals surface area contributed by atoms with Crippen LogP contribution in [0.15, 0.2) is 30.6 Å². The average Bonchev–Trinajstić information content (AvgIpc) is 2.67. The predicted molar refractivity (Wildman–Crippen MR) is 97.5 cm³/mol. The Morgan fingerprint density at radius 1 is 1.21 bits per heavy atom. The standard InChI is InChI=1S/C19H21F3N4O2/c1-12-9-14(28-2)3-4-15(12)18(27)25-13-5-7-26(8-6-13)17-10-16(19(20,21)22)23-11-24-17/h3-4,9-11,13H,5-8H2,1-2H3,(H,25,27). The van der Waals surface area contributed by atoms with Gasteiger partial charge in [0.2, 0.25) is 0 Å². The number of methoxy groups -OCH3 is 1. The SMILES string of the molecule is COc1ccc(C(=O)NC2CCN(c3cc(C(F)(F)F)ncn3)CC2)c(C)c1. The molecule has 0 bridgehead atoms. The molecular weight excluding hydrogens is 373 g/mol. The van der Waals surface area contributed by atoms with Crippen LogP contribution in [0.25, 0.3) is 0 Å². The maximum Gasteiger partial charge on any atom is 0.433 e. The monoisotopic (exact) mass is 394 g/mol. The number of piperidine rings is 1. The Morgan fingerprint density at radius 3 is 2.54 bits per heavy atom. The van der Waals surface area contributed by atoms with Gasteiger partial charge in [0.05, 0.1) is 7.11 Å². The van der Waals surface area contributed by atoms with Crippen molar-refractivity contribution in [3.8, 4) is 5.75 Å². The van der Waals surface area contributed by atoms with E-state index < -0.39 is 11.9 Å². The number of aryl methyl sites for hydroxylation is 1. The third-order valence-corrected chi connectivity index (χ3v) is 4.78. The summed E-state index contributed by atoms with van der Waals surface area (Å²) >= 11 is 0. The molecule has 1 aliphatic heterocycles. The summed E-state index contributed by atoms with van der Waals surface area (Å²) in [4.78, 5) is 21.5. The predicted octanol–water partition coefficient (Wildman–Crippen LogP) is 3.21. The summed E-state index contributed by atoms with van der Waals surface area (Å²) in [5.74, 6) is 0.767. The molecule has 0 atom stereocenters. The van der Waals surface area contributed by atoms with E-state index >= 15 is 0 Å². The van der Waals surface area contributed by atoms with Gasteiger partial charge in [-0.25, -0.2) is 9.97 Å². The van der Waals surface area contributed by atoms with Crippen molar-refractivity contribution in [2.75, 3.05) is 25.1 Å². The van der Waals surface area contributed by atoms with Gasteiger partial charge in [0.25, 0.3) is 5.91 Å². The number of nitrogens with zero attached hydrogens (tertiary/aromatic N) is 3. The van der Waals surface area contributed by atoms with E-state index in [1.165, 1.54) is 0 Å². The fourth-order valence-electron chi connectivity index (χ4n) is 3.21. The van der Waals surface area contributed by atoms with Crippen molar-refractivity contribution in [3.05, 3.63) is 47.4 Å². The van der Waals surface area contributed by atoms with Crippen molar-refractivity contribution in [1.82, 2.24) is 15.3 Å². The molecule has 2 heterocycles. The Morgan fingerprint density at radius 2 is 1.93 bits per heavy atom. The fraction of sp³-hybridized carbons (Fsp3) is 0.421. The molecule has 2 aromatic rings. The van der Waals surface area contributed by atoms with E-state index in [0.717, 1.165) is 18.0 Å². The Labute approximate surface area is 160 Å². The average molecular weight is 394 g/mol. The summed E-state index contributed by atoms with van der Waals surface area (Å²) in [5, 5.41) is 3.00. The molecule has 6 nitrogen and oxygen atoms in total. The van der Waals surface area contributed by atoms with Crippen LogP contribution >= 0.6 is 0 Å². The van der Waals surface area contributed by atoms with Crippen LogP contribution in [0.4, 0.5) is 19.0 Å². The lowest BCUT2D eigenvalue weighted by atomic mass is 10.0. The van der Waals surface area contributed by atoms with Crippen LogP contribution in [0.2, 0.25) is 0 Å². The van der Waals surface area contributed by atoms with Crippen molar-refractivity contribution in [3.63, 3.8) is 0 Å². The Kier molecular flexibility index (Phi) is 5.71. The van der Waals surface area contributed by atoms with Crippen molar-refractivity contribution in [2.24, 2.45) is 0 Å². The van der Waals surface area contributed by atoms with Crippen molar-refractivity contribution >= 4 is 11.7 Å². The van der Waals surface area contributed by atoms with Gasteiger partial charge in [0.1, 0.15) is 23.6 Å². The van der Waals surface area contributed by atoms with E-state index in [9.17, 15) is 18.0 Å². The zero-order valence-electron chi connectivity index (χ0n) is 15.6.